The maximum absolute atomic E-state index is 14.4. The van der Waals surface area contributed by atoms with Crippen LogP contribution in [0.25, 0.3) is 10.8 Å². The molecule has 0 amide bonds. The van der Waals surface area contributed by atoms with E-state index in [2.05, 4.69) is 39.0 Å². The molecule has 0 aliphatic carbocycles. The molecule has 0 radical (unpaired) electrons. The number of nitrogens with zero attached hydrogens (tertiary/aromatic N) is 6. The first kappa shape index (κ1) is 27.4. The molecule has 5 heterocycles. The standard InChI is InChI=1S/C27H36FN7O3S/c1-16(2)20-11-31-26(35-13-18(17(35)3)15-39(5,36)37)21-12-30-25(10-19(20)21)32-24-6-8-29-27(33-24)34-9-7-23(38-4)22(28)14-34/h6,8,10-12,16-18,22-23H,7,9,13-15H2,1-5H3,(H,29,30,32,33)/t17-,18-,22+,23-/m1/s1. The van der Waals surface area contributed by atoms with Gasteiger partial charge in [0.05, 0.1) is 18.4 Å². The monoisotopic (exact) mass is 557 g/mol. The van der Waals surface area contributed by atoms with Crippen LogP contribution in [0.2, 0.25) is 0 Å². The Morgan fingerprint density at radius 1 is 1.15 bits per heavy atom. The van der Waals surface area contributed by atoms with Gasteiger partial charge in [-0.1, -0.05) is 13.8 Å². The third kappa shape index (κ3) is 5.76. The minimum atomic E-state index is -3.04. The fourth-order valence-electron chi connectivity index (χ4n) is 5.48. The highest BCUT2D eigenvalue weighted by atomic mass is 32.2. The van der Waals surface area contributed by atoms with E-state index in [1.54, 1.807) is 12.3 Å². The van der Waals surface area contributed by atoms with Gasteiger partial charge in [0.15, 0.2) is 0 Å². The number of rotatable bonds is 8. The topological polar surface area (TPSA) is 113 Å². The molecule has 12 heteroatoms. The van der Waals surface area contributed by atoms with Crippen LogP contribution in [-0.4, -0.2) is 85.4 Å². The van der Waals surface area contributed by atoms with Gasteiger partial charge in [0, 0.05) is 62.4 Å². The molecular formula is C27H36FN7O3S. The molecule has 2 saturated heterocycles. The number of piperidine rings is 1. The number of hydrogen-bond acceptors (Lipinski definition) is 10. The van der Waals surface area contributed by atoms with Crippen molar-refractivity contribution in [2.45, 2.75) is 51.4 Å². The van der Waals surface area contributed by atoms with Crippen LogP contribution in [0, 0.1) is 5.92 Å². The number of nitrogens with one attached hydrogen (secondary N) is 1. The predicted molar refractivity (Wildman–Crippen MR) is 151 cm³/mol. The van der Waals surface area contributed by atoms with Gasteiger partial charge in [0.1, 0.15) is 33.5 Å². The summed E-state index contributed by atoms with van der Waals surface area (Å²) in [6.45, 7) is 7.73. The van der Waals surface area contributed by atoms with Crippen molar-refractivity contribution in [1.29, 1.82) is 0 Å². The summed E-state index contributed by atoms with van der Waals surface area (Å²) in [6.07, 6.45) is 5.73. The molecule has 0 bridgehead atoms. The van der Waals surface area contributed by atoms with Gasteiger partial charge < -0.3 is 19.9 Å². The second-order valence-corrected chi connectivity index (χ2v) is 13.1. The van der Waals surface area contributed by atoms with Crippen LogP contribution in [0.3, 0.4) is 0 Å². The van der Waals surface area contributed by atoms with E-state index in [9.17, 15) is 12.8 Å². The number of fused-ring (bicyclic) bond motifs is 1. The van der Waals surface area contributed by atoms with Gasteiger partial charge >= 0.3 is 0 Å². The zero-order chi connectivity index (χ0) is 27.9. The molecule has 0 saturated carbocycles. The predicted octanol–water partition coefficient (Wildman–Crippen LogP) is 3.72. The third-order valence-electron chi connectivity index (χ3n) is 7.76. The minimum Gasteiger partial charge on any atom is -0.378 e. The number of halogens is 1. The summed E-state index contributed by atoms with van der Waals surface area (Å²) in [7, 11) is -1.50. The Balaban J connectivity index is 1.40. The molecule has 0 aromatic carbocycles. The molecule has 39 heavy (non-hydrogen) atoms. The van der Waals surface area contributed by atoms with Gasteiger partial charge in [-0.15, -0.1) is 0 Å². The molecule has 2 aliphatic heterocycles. The molecule has 5 rings (SSSR count). The van der Waals surface area contributed by atoms with Gasteiger partial charge in [-0.05, 0) is 42.3 Å². The Kier molecular flexibility index (Phi) is 7.60. The van der Waals surface area contributed by atoms with Crippen molar-refractivity contribution < 1.29 is 17.5 Å². The maximum atomic E-state index is 14.4. The highest BCUT2D eigenvalue weighted by molar-refractivity contribution is 7.90. The lowest BCUT2D eigenvalue weighted by Gasteiger charge is -2.47. The summed E-state index contributed by atoms with van der Waals surface area (Å²) < 4.78 is 43.3. The van der Waals surface area contributed by atoms with Crippen molar-refractivity contribution in [3.05, 3.63) is 36.3 Å². The number of ether oxygens (including phenoxy) is 1. The van der Waals surface area contributed by atoms with Crippen LogP contribution in [0.4, 0.5) is 27.8 Å². The van der Waals surface area contributed by atoms with E-state index in [0.717, 1.165) is 22.2 Å². The van der Waals surface area contributed by atoms with E-state index < -0.39 is 22.1 Å². The number of hydrogen-bond donors (Lipinski definition) is 1. The molecule has 0 spiro atoms. The lowest BCUT2D eigenvalue weighted by molar-refractivity contribution is 0.0194. The fraction of sp³-hybridized carbons (Fsp3) is 0.556. The molecule has 10 nitrogen and oxygen atoms in total. The summed E-state index contributed by atoms with van der Waals surface area (Å²) in [6, 6.07) is 3.82. The van der Waals surface area contributed by atoms with Crippen LogP contribution >= 0.6 is 0 Å². The number of anilines is 4. The molecule has 0 unspecified atom stereocenters. The Bertz CT molecular complexity index is 1450. The largest absolute Gasteiger partial charge is 0.378 e. The first-order valence-corrected chi connectivity index (χ1v) is 15.3. The van der Waals surface area contributed by atoms with Gasteiger partial charge in [0.2, 0.25) is 5.95 Å². The molecule has 3 aromatic rings. The number of methoxy groups -OCH3 is 1. The zero-order valence-corrected chi connectivity index (χ0v) is 23.8. The van der Waals surface area contributed by atoms with Gasteiger partial charge in [-0.3, -0.25) is 0 Å². The van der Waals surface area contributed by atoms with Crippen LogP contribution in [-0.2, 0) is 14.6 Å². The molecule has 2 aliphatic rings. The smallest absolute Gasteiger partial charge is 0.227 e. The van der Waals surface area contributed by atoms with Crippen molar-refractivity contribution in [3.8, 4) is 0 Å². The van der Waals surface area contributed by atoms with Crippen molar-refractivity contribution in [2.24, 2.45) is 5.92 Å². The van der Waals surface area contributed by atoms with Crippen LogP contribution < -0.4 is 15.1 Å². The van der Waals surface area contributed by atoms with Crippen molar-refractivity contribution in [1.82, 2.24) is 19.9 Å². The molecule has 210 valence electrons. The minimum absolute atomic E-state index is 0.0652. The molecule has 2 fully saturated rings. The summed E-state index contributed by atoms with van der Waals surface area (Å²) in [5.74, 6) is 2.96. The van der Waals surface area contributed by atoms with Crippen molar-refractivity contribution >= 4 is 44.0 Å². The van der Waals surface area contributed by atoms with Crippen LogP contribution in [0.15, 0.2) is 30.7 Å². The quantitative estimate of drug-likeness (QED) is 0.440. The average molecular weight is 558 g/mol. The average Bonchev–Trinajstić information content (AvgIpc) is 2.89. The fourth-order valence-corrected chi connectivity index (χ4v) is 6.64. The van der Waals surface area contributed by atoms with Crippen molar-refractivity contribution in [2.75, 3.05) is 53.9 Å². The molecule has 3 aromatic heterocycles. The zero-order valence-electron chi connectivity index (χ0n) is 23.0. The Hall–Kier alpha value is -3.12. The second-order valence-electron chi connectivity index (χ2n) is 10.9. The summed E-state index contributed by atoms with van der Waals surface area (Å²) in [5, 5.41) is 5.24. The molecule has 1 N–H and O–H groups in total. The van der Waals surface area contributed by atoms with E-state index in [1.165, 1.54) is 13.4 Å². The number of alkyl halides is 1. The molecule has 4 atom stereocenters. The first-order chi connectivity index (χ1) is 18.5. The highest BCUT2D eigenvalue weighted by Crippen LogP contribution is 2.38. The Morgan fingerprint density at radius 3 is 2.62 bits per heavy atom. The van der Waals surface area contributed by atoms with E-state index in [4.69, 9.17) is 9.72 Å². The number of aromatic nitrogens is 4. The lowest BCUT2D eigenvalue weighted by atomic mass is 9.90. The van der Waals surface area contributed by atoms with E-state index in [-0.39, 0.29) is 30.2 Å². The van der Waals surface area contributed by atoms with E-state index in [1.807, 2.05) is 30.3 Å². The van der Waals surface area contributed by atoms with Gasteiger partial charge in [0.25, 0.3) is 0 Å². The third-order valence-corrected chi connectivity index (χ3v) is 8.80. The highest BCUT2D eigenvalue weighted by Gasteiger charge is 2.39. The van der Waals surface area contributed by atoms with Crippen molar-refractivity contribution in [3.63, 3.8) is 0 Å². The normalized spacial score (nSPS) is 23.8. The summed E-state index contributed by atoms with van der Waals surface area (Å²) >= 11 is 0. The van der Waals surface area contributed by atoms with Crippen LogP contribution in [0.1, 0.15) is 38.7 Å². The van der Waals surface area contributed by atoms with E-state index >= 15 is 0 Å². The molecular weight excluding hydrogens is 521 g/mol. The van der Waals surface area contributed by atoms with Gasteiger partial charge in [-0.2, -0.15) is 4.98 Å². The lowest BCUT2D eigenvalue weighted by Crippen LogP contribution is -2.57. The summed E-state index contributed by atoms with van der Waals surface area (Å²) in [5.41, 5.74) is 1.10. The summed E-state index contributed by atoms with van der Waals surface area (Å²) in [4.78, 5) is 22.4. The SMILES string of the molecule is CO[C@@H]1CCN(c2nccc(Nc3cc4c(C(C)C)cnc(N5C[C@H](CS(C)(=O)=O)[C@H]5C)c4cn3)n2)C[C@@H]1F. The first-order valence-electron chi connectivity index (χ1n) is 13.3. The van der Waals surface area contributed by atoms with Gasteiger partial charge in [-0.25, -0.2) is 27.8 Å². The van der Waals surface area contributed by atoms with E-state index in [0.29, 0.717) is 37.1 Å². The second kappa shape index (κ2) is 10.8. The number of sulfone groups is 1. The van der Waals surface area contributed by atoms with Crippen LogP contribution in [0.5, 0.6) is 0 Å². The Morgan fingerprint density at radius 2 is 1.95 bits per heavy atom. The Labute approximate surface area is 228 Å². The number of pyridine rings is 2. The maximum Gasteiger partial charge on any atom is 0.227 e.